The molecule has 0 aromatic heterocycles. The van der Waals surface area contributed by atoms with Crippen molar-refractivity contribution in [2.75, 3.05) is 6.54 Å². The van der Waals surface area contributed by atoms with E-state index >= 15 is 0 Å². The molecular formula is C12H16N4O4. The molecule has 0 bridgehead atoms. The highest BCUT2D eigenvalue weighted by atomic mass is 16.4. The second-order valence-electron chi connectivity index (χ2n) is 4.69. The first-order valence-electron chi connectivity index (χ1n) is 5.83. The third-order valence-electron chi connectivity index (χ3n) is 2.77. The largest absolute Gasteiger partial charge is 0.481 e. The van der Waals surface area contributed by atoms with Crippen molar-refractivity contribution in [3.63, 3.8) is 0 Å². The summed E-state index contributed by atoms with van der Waals surface area (Å²) in [5.41, 5.74) is -2.82. The first-order chi connectivity index (χ1) is 9.19. The highest BCUT2D eigenvalue weighted by Crippen LogP contribution is 2.23. The van der Waals surface area contributed by atoms with Gasteiger partial charge in [0.1, 0.15) is 0 Å². The highest BCUT2D eigenvalue weighted by molar-refractivity contribution is 5.77. The Hall–Kier alpha value is -2.48. The van der Waals surface area contributed by atoms with Gasteiger partial charge in [-0.1, -0.05) is 0 Å². The SMILES string of the molecule is [C-]#[N+]C(C)(CCC(=O)O)N=NCCC(C)(C#N)C(=O)O. The van der Waals surface area contributed by atoms with Crippen molar-refractivity contribution in [2.24, 2.45) is 15.6 Å². The van der Waals surface area contributed by atoms with Gasteiger partial charge in [0, 0.05) is 6.92 Å². The summed E-state index contributed by atoms with van der Waals surface area (Å²) in [6.07, 6.45) is -0.220. The van der Waals surface area contributed by atoms with Gasteiger partial charge in [-0.3, -0.25) is 14.4 Å². The first-order valence-corrected chi connectivity index (χ1v) is 5.83. The predicted molar refractivity (Wildman–Crippen MR) is 67.6 cm³/mol. The number of carboxylic acids is 2. The minimum Gasteiger partial charge on any atom is -0.481 e. The molecule has 0 heterocycles. The summed E-state index contributed by atoms with van der Waals surface area (Å²) in [6.45, 7) is 9.71. The maximum Gasteiger partial charge on any atom is 0.338 e. The molecule has 108 valence electrons. The van der Waals surface area contributed by atoms with Gasteiger partial charge in [0.05, 0.1) is 25.5 Å². The van der Waals surface area contributed by atoms with Crippen molar-refractivity contribution in [3.05, 3.63) is 11.4 Å². The van der Waals surface area contributed by atoms with E-state index in [-0.39, 0.29) is 25.8 Å². The molecule has 0 amide bonds. The summed E-state index contributed by atoms with van der Waals surface area (Å²) < 4.78 is 0. The number of nitrogens with zero attached hydrogens (tertiary/aromatic N) is 4. The van der Waals surface area contributed by atoms with Gasteiger partial charge in [-0.2, -0.15) is 10.4 Å². The fraction of sp³-hybridized carbons (Fsp3) is 0.667. The topological polar surface area (TPSA) is 127 Å². The molecule has 8 heteroatoms. The minimum atomic E-state index is -1.55. The summed E-state index contributed by atoms with van der Waals surface area (Å²) in [6, 6.07) is 1.69. The maximum absolute atomic E-state index is 10.9. The molecule has 2 atom stereocenters. The fourth-order valence-electron chi connectivity index (χ4n) is 1.16. The van der Waals surface area contributed by atoms with Crippen LogP contribution in [0.1, 0.15) is 33.1 Å². The van der Waals surface area contributed by atoms with E-state index in [1.807, 2.05) is 0 Å². The number of hydrogen-bond acceptors (Lipinski definition) is 5. The standard InChI is InChI=1S/C12H16N4O4/c1-11(8-13,10(19)20)6-7-15-16-12(2,14-3)5-4-9(17)18/h4-7H2,1-2H3,(H,17,18)(H,19,20). The molecule has 0 aromatic carbocycles. The third kappa shape index (κ3) is 5.44. The summed E-state index contributed by atoms with van der Waals surface area (Å²) in [5.74, 6) is -2.27. The van der Waals surface area contributed by atoms with Crippen LogP contribution in [0.5, 0.6) is 0 Å². The lowest BCUT2D eigenvalue weighted by molar-refractivity contribution is -0.145. The molecule has 0 aromatic rings. The van der Waals surface area contributed by atoms with Crippen LogP contribution in [0.15, 0.2) is 10.2 Å². The molecule has 8 nitrogen and oxygen atoms in total. The van der Waals surface area contributed by atoms with Crippen LogP contribution in [-0.4, -0.2) is 34.4 Å². The number of carbonyl (C=O) groups is 2. The first kappa shape index (κ1) is 17.5. The zero-order valence-corrected chi connectivity index (χ0v) is 11.3. The highest BCUT2D eigenvalue weighted by Gasteiger charge is 2.33. The zero-order valence-electron chi connectivity index (χ0n) is 11.3. The summed E-state index contributed by atoms with van der Waals surface area (Å²) in [4.78, 5) is 24.6. The Kier molecular flexibility index (Phi) is 6.30. The number of aliphatic carboxylic acids is 2. The molecular weight excluding hydrogens is 264 g/mol. The Morgan fingerprint density at radius 3 is 2.35 bits per heavy atom. The van der Waals surface area contributed by atoms with Gasteiger partial charge in [-0.05, 0) is 13.3 Å². The van der Waals surface area contributed by atoms with E-state index in [2.05, 4.69) is 15.1 Å². The van der Waals surface area contributed by atoms with Gasteiger partial charge < -0.3 is 10.2 Å². The van der Waals surface area contributed by atoms with Crippen molar-refractivity contribution < 1.29 is 19.8 Å². The molecule has 2 unspecified atom stereocenters. The van der Waals surface area contributed by atoms with Crippen molar-refractivity contribution >= 4 is 11.9 Å². The number of rotatable bonds is 8. The molecule has 0 fully saturated rings. The van der Waals surface area contributed by atoms with Crippen LogP contribution in [-0.2, 0) is 9.59 Å². The van der Waals surface area contributed by atoms with Crippen LogP contribution in [0.2, 0.25) is 0 Å². The molecule has 0 aliphatic carbocycles. The Balaban J connectivity index is 4.56. The molecule has 0 spiro atoms. The van der Waals surface area contributed by atoms with E-state index in [1.165, 1.54) is 13.8 Å². The van der Waals surface area contributed by atoms with E-state index in [0.29, 0.717) is 0 Å². The van der Waals surface area contributed by atoms with Gasteiger partial charge in [-0.15, -0.1) is 5.11 Å². The van der Waals surface area contributed by atoms with Gasteiger partial charge in [0.15, 0.2) is 5.41 Å². The molecule has 0 radical (unpaired) electrons. The normalized spacial score (nSPS) is 16.6. The van der Waals surface area contributed by atoms with Gasteiger partial charge >= 0.3 is 17.6 Å². The lowest BCUT2D eigenvalue weighted by Crippen LogP contribution is -2.26. The Labute approximate surface area is 116 Å². The fourth-order valence-corrected chi connectivity index (χ4v) is 1.16. The lowest BCUT2D eigenvalue weighted by Gasteiger charge is -2.14. The Morgan fingerprint density at radius 1 is 1.35 bits per heavy atom. The van der Waals surface area contributed by atoms with Gasteiger partial charge in [0.2, 0.25) is 0 Å². The van der Waals surface area contributed by atoms with E-state index < -0.39 is 23.0 Å². The van der Waals surface area contributed by atoms with Crippen LogP contribution in [0.4, 0.5) is 0 Å². The number of azo groups is 1. The average molecular weight is 280 g/mol. The molecule has 0 aliphatic heterocycles. The minimum absolute atomic E-state index is 0.0176. The van der Waals surface area contributed by atoms with E-state index in [0.717, 1.165) is 0 Å². The van der Waals surface area contributed by atoms with Gasteiger partial charge in [0.25, 0.3) is 0 Å². The van der Waals surface area contributed by atoms with Crippen LogP contribution >= 0.6 is 0 Å². The lowest BCUT2D eigenvalue weighted by atomic mass is 9.89. The Morgan fingerprint density at radius 2 is 1.95 bits per heavy atom. The number of hydrogen-bond donors (Lipinski definition) is 2. The molecule has 0 saturated carbocycles. The van der Waals surface area contributed by atoms with Crippen LogP contribution in [0, 0.1) is 23.3 Å². The second-order valence-corrected chi connectivity index (χ2v) is 4.69. The zero-order chi connectivity index (χ0) is 15.8. The van der Waals surface area contributed by atoms with Crippen molar-refractivity contribution in [1.29, 1.82) is 5.26 Å². The summed E-state index contributed by atoms with van der Waals surface area (Å²) in [7, 11) is 0. The molecule has 20 heavy (non-hydrogen) atoms. The molecule has 2 N–H and O–H groups in total. The monoisotopic (exact) mass is 280 g/mol. The van der Waals surface area contributed by atoms with E-state index in [4.69, 9.17) is 22.0 Å². The number of nitriles is 1. The van der Waals surface area contributed by atoms with Gasteiger partial charge in [-0.25, -0.2) is 6.57 Å². The maximum atomic E-state index is 10.9. The number of carboxylic acid groups (broad SMARTS) is 2. The predicted octanol–water partition coefficient (Wildman–Crippen LogP) is 1.94. The van der Waals surface area contributed by atoms with Crippen molar-refractivity contribution in [3.8, 4) is 6.07 Å². The van der Waals surface area contributed by atoms with Crippen molar-refractivity contribution in [2.45, 2.75) is 38.8 Å². The summed E-state index contributed by atoms with van der Waals surface area (Å²) in [5, 5.41) is 33.7. The Bertz CT molecular complexity index is 491. The van der Waals surface area contributed by atoms with Crippen molar-refractivity contribution in [1.82, 2.24) is 0 Å². The van der Waals surface area contributed by atoms with E-state index in [1.54, 1.807) is 6.07 Å². The molecule has 0 aliphatic rings. The van der Waals surface area contributed by atoms with Crippen LogP contribution < -0.4 is 0 Å². The molecule has 0 saturated heterocycles. The van der Waals surface area contributed by atoms with Crippen LogP contribution in [0.25, 0.3) is 4.85 Å². The average Bonchev–Trinajstić information content (AvgIpc) is 2.41. The van der Waals surface area contributed by atoms with Crippen LogP contribution in [0.3, 0.4) is 0 Å². The second kappa shape index (κ2) is 7.19. The summed E-state index contributed by atoms with van der Waals surface area (Å²) >= 11 is 0. The molecule has 0 rings (SSSR count). The smallest absolute Gasteiger partial charge is 0.338 e. The quantitative estimate of drug-likeness (QED) is 0.518. The third-order valence-corrected chi connectivity index (χ3v) is 2.77. The van der Waals surface area contributed by atoms with E-state index in [9.17, 15) is 9.59 Å².